The van der Waals surface area contributed by atoms with Crippen LogP contribution >= 0.6 is 15.9 Å². The van der Waals surface area contributed by atoms with Gasteiger partial charge in [-0.25, -0.2) is 0 Å². The highest BCUT2D eigenvalue weighted by molar-refractivity contribution is 9.10. The zero-order valence-corrected chi connectivity index (χ0v) is 16.1. The summed E-state index contributed by atoms with van der Waals surface area (Å²) in [4.78, 5) is 33.9. The Bertz CT molecular complexity index is 873. The molecule has 1 atom stereocenters. The molecule has 27 heavy (non-hydrogen) atoms. The summed E-state index contributed by atoms with van der Waals surface area (Å²) < 4.78 is 6.11. The number of carbonyl (C=O) groups excluding carboxylic acids is 2. The van der Waals surface area contributed by atoms with Crippen molar-refractivity contribution in [3.8, 4) is 0 Å². The first-order valence-corrected chi connectivity index (χ1v) is 9.51. The molecule has 0 unspecified atom stereocenters. The van der Waals surface area contributed by atoms with E-state index < -0.39 is 6.10 Å². The maximum atomic E-state index is 12.7. The lowest BCUT2D eigenvalue weighted by molar-refractivity contribution is -0.143. The van der Waals surface area contributed by atoms with Crippen molar-refractivity contribution >= 4 is 33.5 Å². The minimum atomic E-state index is -0.605. The van der Waals surface area contributed by atoms with E-state index in [2.05, 4.69) is 21.1 Å². The molecule has 140 valence electrons. The first-order chi connectivity index (χ1) is 13.1. The Kier molecular flexibility index (Phi) is 4.98. The van der Waals surface area contributed by atoms with Gasteiger partial charge in [0.2, 0.25) is 6.10 Å². The second-order valence-electron chi connectivity index (χ2n) is 6.44. The smallest absolute Gasteiger partial charge is 0.289 e. The van der Waals surface area contributed by atoms with E-state index in [1.165, 1.54) is 6.26 Å². The number of rotatable bonds is 3. The average molecular weight is 432 g/mol. The van der Waals surface area contributed by atoms with Crippen molar-refractivity contribution < 1.29 is 18.8 Å². The zero-order valence-electron chi connectivity index (χ0n) is 14.5. The van der Waals surface area contributed by atoms with Gasteiger partial charge in [-0.05, 0) is 24.3 Å². The number of amides is 2. The molecule has 0 radical (unpaired) electrons. The van der Waals surface area contributed by atoms with Crippen LogP contribution in [-0.2, 0) is 9.63 Å². The van der Waals surface area contributed by atoms with Crippen molar-refractivity contribution in [3.63, 3.8) is 0 Å². The molecule has 0 saturated carbocycles. The van der Waals surface area contributed by atoms with Gasteiger partial charge in [0.25, 0.3) is 11.8 Å². The van der Waals surface area contributed by atoms with Crippen molar-refractivity contribution in [2.75, 3.05) is 26.2 Å². The Morgan fingerprint density at radius 3 is 2.56 bits per heavy atom. The van der Waals surface area contributed by atoms with Crippen molar-refractivity contribution in [1.29, 1.82) is 0 Å². The standard InChI is InChI=1S/C19H18BrN3O4/c20-14-4-1-3-13(11-14)15-12-17(27-21-15)19(25)23-8-6-22(7-9-23)18(24)16-5-2-10-26-16/h1-5,10-11,17H,6-9,12H2/t17-/m1/s1. The minimum Gasteiger partial charge on any atom is -0.459 e. The van der Waals surface area contributed by atoms with Gasteiger partial charge in [-0.2, -0.15) is 0 Å². The van der Waals surface area contributed by atoms with Crippen molar-refractivity contribution in [2.24, 2.45) is 5.16 Å². The second-order valence-corrected chi connectivity index (χ2v) is 7.36. The highest BCUT2D eigenvalue weighted by atomic mass is 79.9. The molecule has 1 aromatic carbocycles. The van der Waals surface area contributed by atoms with Crippen LogP contribution in [0.15, 0.2) is 56.7 Å². The van der Waals surface area contributed by atoms with Crippen molar-refractivity contribution in [3.05, 3.63) is 58.5 Å². The molecule has 2 aromatic rings. The lowest BCUT2D eigenvalue weighted by atomic mass is 10.0. The van der Waals surface area contributed by atoms with Gasteiger partial charge in [-0.3, -0.25) is 9.59 Å². The SMILES string of the molecule is O=C(c1ccco1)N1CCN(C(=O)[C@H]2CC(c3cccc(Br)c3)=NO2)CC1. The molecule has 0 aliphatic carbocycles. The molecule has 4 rings (SSSR count). The molecule has 2 aliphatic rings. The Morgan fingerprint density at radius 2 is 1.85 bits per heavy atom. The Morgan fingerprint density at radius 1 is 1.07 bits per heavy atom. The number of benzene rings is 1. The Labute approximate surface area is 164 Å². The molecule has 0 spiro atoms. The molecular formula is C19H18BrN3O4. The van der Waals surface area contributed by atoms with Gasteiger partial charge < -0.3 is 19.1 Å². The quantitative estimate of drug-likeness (QED) is 0.747. The minimum absolute atomic E-state index is 0.0890. The van der Waals surface area contributed by atoms with Crippen LogP contribution in [0.25, 0.3) is 0 Å². The third-order valence-corrected chi connectivity index (χ3v) is 5.21. The summed E-state index contributed by atoms with van der Waals surface area (Å²) in [6.45, 7) is 1.88. The Hall–Kier alpha value is -2.61. The highest BCUT2D eigenvalue weighted by Gasteiger charge is 2.34. The monoisotopic (exact) mass is 431 g/mol. The topological polar surface area (TPSA) is 75.4 Å². The predicted molar refractivity (Wildman–Crippen MR) is 101 cm³/mol. The van der Waals surface area contributed by atoms with Gasteiger partial charge in [-0.15, -0.1) is 0 Å². The molecule has 7 nitrogen and oxygen atoms in total. The molecular weight excluding hydrogens is 414 g/mol. The van der Waals surface area contributed by atoms with Crippen LogP contribution in [0.1, 0.15) is 22.5 Å². The summed E-state index contributed by atoms with van der Waals surface area (Å²) in [5.41, 5.74) is 1.70. The van der Waals surface area contributed by atoms with Crippen LogP contribution < -0.4 is 0 Å². The Balaban J connectivity index is 1.32. The first kappa shape index (κ1) is 17.8. The fraction of sp³-hybridized carbons (Fsp3) is 0.316. The molecule has 2 amide bonds. The number of carbonyl (C=O) groups is 2. The zero-order chi connectivity index (χ0) is 18.8. The number of halogens is 1. The van der Waals surface area contributed by atoms with Crippen LogP contribution in [0.2, 0.25) is 0 Å². The number of nitrogens with zero attached hydrogens (tertiary/aromatic N) is 3. The number of hydrogen-bond acceptors (Lipinski definition) is 5. The first-order valence-electron chi connectivity index (χ1n) is 8.72. The van der Waals surface area contributed by atoms with Gasteiger partial charge >= 0.3 is 0 Å². The molecule has 8 heteroatoms. The van der Waals surface area contributed by atoms with E-state index in [0.29, 0.717) is 38.4 Å². The number of hydrogen-bond donors (Lipinski definition) is 0. The van der Waals surface area contributed by atoms with E-state index in [1.54, 1.807) is 21.9 Å². The second kappa shape index (κ2) is 7.56. The summed E-state index contributed by atoms with van der Waals surface area (Å²) in [5.74, 6) is 0.0827. The molecule has 1 aromatic heterocycles. The fourth-order valence-corrected chi connectivity index (χ4v) is 3.64. The molecule has 0 bridgehead atoms. The van der Waals surface area contributed by atoms with Crippen LogP contribution in [-0.4, -0.2) is 59.6 Å². The fourth-order valence-electron chi connectivity index (χ4n) is 3.24. The van der Waals surface area contributed by atoms with E-state index in [1.807, 2.05) is 24.3 Å². The molecule has 1 fully saturated rings. The lowest BCUT2D eigenvalue weighted by Gasteiger charge is -2.35. The maximum absolute atomic E-state index is 12.7. The third kappa shape index (κ3) is 3.75. The van der Waals surface area contributed by atoms with Crippen LogP contribution in [0.4, 0.5) is 0 Å². The summed E-state index contributed by atoms with van der Waals surface area (Å²) in [6, 6.07) is 11.1. The summed E-state index contributed by atoms with van der Waals surface area (Å²) in [5, 5.41) is 4.09. The maximum Gasteiger partial charge on any atom is 0.289 e. The molecule has 0 N–H and O–H groups in total. The van der Waals surface area contributed by atoms with E-state index in [-0.39, 0.29) is 11.8 Å². The predicted octanol–water partition coefficient (Wildman–Crippen LogP) is 2.52. The highest BCUT2D eigenvalue weighted by Crippen LogP contribution is 2.21. The van der Waals surface area contributed by atoms with Crippen LogP contribution in [0.5, 0.6) is 0 Å². The normalized spacial score (nSPS) is 19.6. The summed E-state index contributed by atoms with van der Waals surface area (Å²) >= 11 is 3.44. The van der Waals surface area contributed by atoms with Gasteiger partial charge in [0.05, 0.1) is 12.0 Å². The summed E-state index contributed by atoms with van der Waals surface area (Å²) in [6.07, 6.45) is 1.32. The van der Waals surface area contributed by atoms with Gasteiger partial charge in [0.1, 0.15) is 0 Å². The largest absolute Gasteiger partial charge is 0.459 e. The van der Waals surface area contributed by atoms with Crippen molar-refractivity contribution in [2.45, 2.75) is 12.5 Å². The van der Waals surface area contributed by atoms with Crippen molar-refractivity contribution in [1.82, 2.24) is 9.80 Å². The van der Waals surface area contributed by atoms with E-state index >= 15 is 0 Å². The van der Waals surface area contributed by atoms with E-state index in [0.717, 1.165) is 15.7 Å². The van der Waals surface area contributed by atoms with Gasteiger partial charge in [0, 0.05) is 42.6 Å². The average Bonchev–Trinajstić information content (AvgIpc) is 3.39. The van der Waals surface area contributed by atoms with Gasteiger partial charge in [-0.1, -0.05) is 33.2 Å². The number of piperazine rings is 1. The molecule has 1 saturated heterocycles. The third-order valence-electron chi connectivity index (χ3n) is 4.71. The number of furan rings is 1. The molecule has 3 heterocycles. The van der Waals surface area contributed by atoms with Gasteiger partial charge in [0.15, 0.2) is 5.76 Å². The molecule has 2 aliphatic heterocycles. The number of oxime groups is 1. The summed E-state index contributed by atoms with van der Waals surface area (Å²) in [7, 11) is 0. The lowest BCUT2D eigenvalue weighted by Crippen LogP contribution is -2.52. The van der Waals surface area contributed by atoms with Crippen LogP contribution in [0.3, 0.4) is 0 Å². The van der Waals surface area contributed by atoms with E-state index in [9.17, 15) is 9.59 Å². The van der Waals surface area contributed by atoms with Crippen LogP contribution in [0, 0.1) is 0 Å². The van der Waals surface area contributed by atoms with E-state index in [4.69, 9.17) is 9.25 Å².